The van der Waals surface area contributed by atoms with E-state index in [4.69, 9.17) is 23.2 Å². The van der Waals surface area contributed by atoms with Gasteiger partial charge >= 0.3 is 0 Å². The minimum Gasteiger partial charge on any atom is -0.267 e. The molecule has 2 aromatic heterocycles. The predicted molar refractivity (Wildman–Crippen MR) is 117 cm³/mol. The quantitative estimate of drug-likeness (QED) is 0.320. The zero-order valence-electron chi connectivity index (χ0n) is 14.4. The number of aromatic nitrogens is 1. The summed E-state index contributed by atoms with van der Waals surface area (Å²) in [4.78, 5) is 18.5. The van der Waals surface area contributed by atoms with E-state index in [1.165, 1.54) is 6.21 Å². The van der Waals surface area contributed by atoms with Crippen molar-refractivity contribution in [1.82, 2.24) is 10.4 Å². The van der Waals surface area contributed by atoms with Gasteiger partial charge in [0.25, 0.3) is 5.91 Å². The number of amides is 1. The molecule has 0 radical (unpaired) electrons. The molecule has 2 aromatic carbocycles. The van der Waals surface area contributed by atoms with Crippen LogP contribution in [0.15, 0.2) is 71.1 Å². The third-order valence-corrected chi connectivity index (χ3v) is 5.65. The molecule has 138 valence electrons. The first-order chi connectivity index (χ1) is 13.6. The predicted octanol–water partition coefficient (Wildman–Crippen LogP) is 6.03. The number of halogens is 2. The van der Waals surface area contributed by atoms with E-state index in [-0.39, 0.29) is 5.91 Å². The van der Waals surface area contributed by atoms with Gasteiger partial charge in [-0.2, -0.15) is 5.10 Å². The summed E-state index contributed by atoms with van der Waals surface area (Å²) in [6.07, 6.45) is 1.44. The molecule has 1 amide bonds. The summed E-state index contributed by atoms with van der Waals surface area (Å²) in [7, 11) is 0. The second-order valence-electron chi connectivity index (χ2n) is 5.88. The minimum atomic E-state index is -0.337. The standard InChI is InChI=1S/C21H13Cl2N3OS/c22-16-6-3-7-17(23)15(16)12-24-26-21(27)14-11-19(20-9-4-10-28-20)25-18-8-2-1-5-13(14)18/h1-12H,(H,26,27). The summed E-state index contributed by atoms with van der Waals surface area (Å²) in [5, 5.41) is 7.68. The number of hydrogen-bond donors (Lipinski definition) is 1. The van der Waals surface area contributed by atoms with Crippen LogP contribution in [0.4, 0.5) is 0 Å². The maximum Gasteiger partial charge on any atom is 0.272 e. The highest BCUT2D eigenvalue weighted by Gasteiger charge is 2.14. The number of para-hydroxylation sites is 1. The van der Waals surface area contributed by atoms with Gasteiger partial charge in [-0.05, 0) is 35.7 Å². The number of hydrazone groups is 1. The van der Waals surface area contributed by atoms with Crippen molar-refractivity contribution in [2.75, 3.05) is 0 Å². The van der Waals surface area contributed by atoms with Crippen molar-refractivity contribution in [2.45, 2.75) is 0 Å². The van der Waals surface area contributed by atoms with Crippen molar-refractivity contribution in [1.29, 1.82) is 0 Å². The van der Waals surface area contributed by atoms with Crippen LogP contribution in [0.3, 0.4) is 0 Å². The summed E-state index contributed by atoms with van der Waals surface area (Å²) < 4.78 is 0. The molecule has 0 spiro atoms. The molecule has 4 nitrogen and oxygen atoms in total. The molecule has 0 unspecified atom stereocenters. The average molecular weight is 426 g/mol. The van der Waals surface area contributed by atoms with Crippen molar-refractivity contribution in [3.05, 3.63) is 87.2 Å². The Kier molecular flexibility index (Phi) is 5.39. The number of hydrogen-bond acceptors (Lipinski definition) is 4. The van der Waals surface area contributed by atoms with Crippen molar-refractivity contribution in [3.8, 4) is 10.6 Å². The molecular weight excluding hydrogens is 413 g/mol. The Bertz CT molecular complexity index is 1170. The molecule has 0 atom stereocenters. The van der Waals surface area contributed by atoms with Gasteiger partial charge in [-0.15, -0.1) is 11.3 Å². The first kappa shape index (κ1) is 18.6. The largest absolute Gasteiger partial charge is 0.272 e. The first-order valence-electron chi connectivity index (χ1n) is 8.34. The van der Waals surface area contributed by atoms with Crippen molar-refractivity contribution in [2.24, 2.45) is 5.10 Å². The molecule has 0 bridgehead atoms. The number of carbonyl (C=O) groups excluding carboxylic acids is 1. The zero-order valence-corrected chi connectivity index (χ0v) is 16.7. The van der Waals surface area contributed by atoms with Gasteiger partial charge in [-0.1, -0.05) is 53.5 Å². The van der Waals surface area contributed by atoms with Crippen LogP contribution in [0.1, 0.15) is 15.9 Å². The van der Waals surface area contributed by atoms with Gasteiger partial charge in [-0.25, -0.2) is 10.4 Å². The molecule has 0 aliphatic rings. The van der Waals surface area contributed by atoms with Crippen LogP contribution in [0.25, 0.3) is 21.5 Å². The molecule has 2 heterocycles. The molecule has 28 heavy (non-hydrogen) atoms. The third-order valence-electron chi connectivity index (χ3n) is 4.09. The van der Waals surface area contributed by atoms with Crippen LogP contribution < -0.4 is 5.43 Å². The Morgan fingerprint density at radius 1 is 1.04 bits per heavy atom. The molecular formula is C21H13Cl2N3OS. The fourth-order valence-electron chi connectivity index (χ4n) is 2.76. The van der Waals surface area contributed by atoms with Crippen LogP contribution in [-0.2, 0) is 0 Å². The normalized spacial score (nSPS) is 11.2. The summed E-state index contributed by atoms with van der Waals surface area (Å²) >= 11 is 13.8. The number of pyridine rings is 1. The van der Waals surface area contributed by atoms with E-state index >= 15 is 0 Å². The Morgan fingerprint density at radius 2 is 1.82 bits per heavy atom. The van der Waals surface area contributed by atoms with E-state index in [9.17, 15) is 4.79 Å². The zero-order chi connectivity index (χ0) is 19.5. The smallest absolute Gasteiger partial charge is 0.267 e. The summed E-state index contributed by atoms with van der Waals surface area (Å²) in [5.74, 6) is -0.337. The van der Waals surface area contributed by atoms with Gasteiger partial charge in [0.1, 0.15) is 0 Å². The van der Waals surface area contributed by atoms with Crippen LogP contribution in [0, 0.1) is 0 Å². The lowest BCUT2D eigenvalue weighted by Crippen LogP contribution is -2.18. The molecule has 7 heteroatoms. The Labute approximate surface area is 175 Å². The van der Waals surface area contributed by atoms with E-state index < -0.39 is 0 Å². The first-order valence-corrected chi connectivity index (χ1v) is 9.98. The van der Waals surface area contributed by atoms with Crippen LogP contribution in [0.2, 0.25) is 10.0 Å². The average Bonchev–Trinajstić information content (AvgIpc) is 3.24. The van der Waals surface area contributed by atoms with Gasteiger partial charge in [0.2, 0.25) is 0 Å². The van der Waals surface area contributed by atoms with Crippen LogP contribution in [0.5, 0.6) is 0 Å². The number of rotatable bonds is 4. The van der Waals surface area contributed by atoms with Crippen LogP contribution >= 0.6 is 34.5 Å². The Hall–Kier alpha value is -2.73. The highest BCUT2D eigenvalue weighted by Crippen LogP contribution is 2.28. The van der Waals surface area contributed by atoms with Gasteiger partial charge in [0, 0.05) is 10.9 Å². The second-order valence-corrected chi connectivity index (χ2v) is 7.65. The lowest BCUT2D eigenvalue weighted by Gasteiger charge is -2.08. The summed E-state index contributed by atoms with van der Waals surface area (Å²) in [6.45, 7) is 0. The second kappa shape index (κ2) is 8.10. The molecule has 4 rings (SSSR count). The van der Waals surface area contributed by atoms with Gasteiger partial charge < -0.3 is 0 Å². The molecule has 1 N–H and O–H groups in total. The maximum absolute atomic E-state index is 12.8. The van der Waals surface area contributed by atoms with E-state index in [2.05, 4.69) is 15.5 Å². The number of nitrogens with zero attached hydrogens (tertiary/aromatic N) is 2. The van der Waals surface area contributed by atoms with Crippen LogP contribution in [-0.4, -0.2) is 17.1 Å². The fraction of sp³-hybridized carbons (Fsp3) is 0. The Morgan fingerprint density at radius 3 is 2.57 bits per heavy atom. The van der Waals surface area contributed by atoms with Gasteiger partial charge in [-0.3, -0.25) is 4.79 Å². The number of nitrogens with one attached hydrogen (secondary N) is 1. The number of fused-ring (bicyclic) bond motifs is 1. The van der Waals surface area contributed by atoms with E-state index in [0.29, 0.717) is 21.2 Å². The van der Waals surface area contributed by atoms with E-state index in [1.807, 2.05) is 41.8 Å². The van der Waals surface area contributed by atoms with Crippen molar-refractivity contribution < 1.29 is 4.79 Å². The third kappa shape index (κ3) is 3.78. The molecule has 0 fully saturated rings. The van der Waals surface area contributed by atoms with E-state index in [0.717, 1.165) is 21.5 Å². The lowest BCUT2D eigenvalue weighted by molar-refractivity contribution is 0.0956. The maximum atomic E-state index is 12.8. The molecule has 0 saturated heterocycles. The van der Waals surface area contributed by atoms with E-state index in [1.54, 1.807) is 35.6 Å². The van der Waals surface area contributed by atoms with Gasteiger partial charge in [0.15, 0.2) is 0 Å². The summed E-state index contributed by atoms with van der Waals surface area (Å²) in [6, 6.07) is 18.4. The molecule has 0 saturated carbocycles. The molecule has 4 aromatic rings. The number of benzene rings is 2. The van der Waals surface area contributed by atoms with Gasteiger partial charge in [0.05, 0.1) is 37.9 Å². The fourth-order valence-corrected chi connectivity index (χ4v) is 3.94. The van der Waals surface area contributed by atoms with Crippen molar-refractivity contribution >= 4 is 57.6 Å². The SMILES string of the molecule is O=C(NN=Cc1c(Cl)cccc1Cl)c1cc(-c2cccs2)nc2ccccc12. The Balaban J connectivity index is 1.68. The lowest BCUT2D eigenvalue weighted by atomic mass is 10.1. The number of carbonyl (C=O) groups is 1. The van der Waals surface area contributed by atoms with Crippen molar-refractivity contribution in [3.63, 3.8) is 0 Å². The monoisotopic (exact) mass is 425 g/mol. The number of thiophene rings is 1. The molecule has 0 aliphatic carbocycles. The minimum absolute atomic E-state index is 0.337. The highest BCUT2D eigenvalue weighted by atomic mass is 35.5. The topological polar surface area (TPSA) is 54.4 Å². The highest BCUT2D eigenvalue weighted by molar-refractivity contribution is 7.13. The molecule has 0 aliphatic heterocycles. The summed E-state index contributed by atoms with van der Waals surface area (Å²) in [5.41, 5.74) is 5.09.